The first-order valence-corrected chi connectivity index (χ1v) is 12.9. The van der Waals surface area contributed by atoms with Gasteiger partial charge in [-0.1, -0.05) is 18.6 Å². The number of carboxylic acid groups (broad SMARTS) is 1. The molecule has 5 rings (SSSR count). The predicted molar refractivity (Wildman–Crippen MR) is 116 cm³/mol. The predicted octanol–water partition coefficient (Wildman–Crippen LogP) is 3.27. The van der Waals surface area contributed by atoms with Crippen LogP contribution in [0.4, 0.5) is 0 Å². The molecule has 4 aliphatic carbocycles. The monoisotopic (exact) mass is 451 g/mol. The van der Waals surface area contributed by atoms with Crippen LogP contribution in [-0.4, -0.2) is 41.4 Å². The maximum absolute atomic E-state index is 11.0. The van der Waals surface area contributed by atoms with E-state index in [0.29, 0.717) is 36.5 Å². The van der Waals surface area contributed by atoms with Crippen molar-refractivity contribution < 1.29 is 27.6 Å². The van der Waals surface area contributed by atoms with Crippen LogP contribution in [0.5, 0.6) is 5.75 Å². The number of aliphatic carboxylic acids is 1. The molecular weight excluding hydrogens is 418 g/mol. The summed E-state index contributed by atoms with van der Waals surface area (Å²) in [4.78, 5) is 11.0. The first-order chi connectivity index (χ1) is 14.6. The highest BCUT2D eigenvalue weighted by Crippen LogP contribution is 2.60. The van der Waals surface area contributed by atoms with Gasteiger partial charge in [-0.05, 0) is 92.7 Å². The Morgan fingerprint density at radius 1 is 1.13 bits per heavy atom. The third-order valence-corrected chi connectivity index (χ3v) is 8.44. The Morgan fingerprint density at radius 2 is 1.77 bits per heavy atom. The molecule has 4 N–H and O–H groups in total. The zero-order valence-corrected chi connectivity index (χ0v) is 18.6. The summed E-state index contributed by atoms with van der Waals surface area (Å²) in [5.41, 5.74) is 6.40. The number of ether oxygens (including phenoxy) is 1. The Bertz CT molecular complexity index is 883. The molecule has 1 aromatic rings. The van der Waals surface area contributed by atoms with E-state index in [0.717, 1.165) is 43.4 Å². The van der Waals surface area contributed by atoms with Crippen LogP contribution in [0.1, 0.15) is 56.9 Å². The van der Waals surface area contributed by atoms with E-state index in [-0.39, 0.29) is 11.4 Å². The van der Waals surface area contributed by atoms with Crippen LogP contribution in [-0.2, 0) is 21.3 Å². The summed E-state index contributed by atoms with van der Waals surface area (Å²) in [6, 6.07) is 6.75. The van der Waals surface area contributed by atoms with E-state index < -0.39 is 22.1 Å². The number of carboxylic acids is 1. The third kappa shape index (κ3) is 5.41. The molecule has 4 fully saturated rings. The average Bonchev–Trinajstić information content (AvgIpc) is 2.66. The molecule has 0 aliphatic heterocycles. The van der Waals surface area contributed by atoms with Crippen molar-refractivity contribution in [1.82, 2.24) is 0 Å². The maximum atomic E-state index is 11.0. The molecule has 0 saturated heterocycles. The Kier molecular flexibility index (Phi) is 6.34. The summed E-state index contributed by atoms with van der Waals surface area (Å²) in [6.45, 7) is 0. The summed E-state index contributed by atoms with van der Waals surface area (Å²) >= 11 is 0. The number of rotatable bonds is 10. The molecule has 8 heteroatoms. The Balaban J connectivity index is 1.35. The Morgan fingerprint density at radius 3 is 2.35 bits per heavy atom. The van der Waals surface area contributed by atoms with Gasteiger partial charge >= 0.3 is 5.97 Å². The molecule has 172 valence electrons. The molecule has 1 aromatic carbocycles. The molecule has 0 spiro atoms. The molecule has 0 amide bonds. The standard InChI is InChI=1S/C23H33NO6S/c24-21(22(25)26)11-15-4-6-19(7-5-15)30-23-12-16-9-17(13-23)20(18(10-16)14-23)3-1-2-8-31(27,28)29/h4-7,16-18,20-21H,1-3,8-14,24H2,(H,25,26)(H,27,28,29)/t16?,17?,18?,20?,21-,23?/m0/s1. The lowest BCUT2D eigenvalue weighted by molar-refractivity contribution is -0.139. The summed E-state index contributed by atoms with van der Waals surface area (Å²) in [6.07, 6.45) is 8.39. The molecule has 4 aliphatic rings. The van der Waals surface area contributed by atoms with Crippen molar-refractivity contribution in [3.05, 3.63) is 29.8 Å². The van der Waals surface area contributed by atoms with Crippen LogP contribution >= 0.6 is 0 Å². The summed E-state index contributed by atoms with van der Waals surface area (Å²) in [7, 11) is -3.86. The molecule has 2 unspecified atom stereocenters. The third-order valence-electron chi connectivity index (χ3n) is 7.63. The number of hydrogen-bond acceptors (Lipinski definition) is 5. The van der Waals surface area contributed by atoms with Gasteiger partial charge in [0.2, 0.25) is 0 Å². The van der Waals surface area contributed by atoms with Crippen molar-refractivity contribution in [2.75, 3.05) is 5.75 Å². The molecule has 3 atom stereocenters. The van der Waals surface area contributed by atoms with E-state index in [4.69, 9.17) is 20.1 Å². The van der Waals surface area contributed by atoms with Crippen molar-refractivity contribution in [2.45, 2.75) is 69.4 Å². The molecule has 4 saturated carbocycles. The molecule has 4 bridgehead atoms. The maximum Gasteiger partial charge on any atom is 0.320 e. The lowest BCUT2D eigenvalue weighted by atomic mass is 9.49. The Hall–Kier alpha value is -1.64. The highest BCUT2D eigenvalue weighted by molar-refractivity contribution is 7.85. The van der Waals surface area contributed by atoms with Crippen LogP contribution in [0, 0.1) is 23.7 Å². The molecule has 31 heavy (non-hydrogen) atoms. The van der Waals surface area contributed by atoms with Gasteiger partial charge in [0, 0.05) is 0 Å². The first kappa shape index (κ1) is 22.6. The van der Waals surface area contributed by atoms with Gasteiger partial charge in [0.25, 0.3) is 10.1 Å². The number of benzene rings is 1. The van der Waals surface area contributed by atoms with E-state index in [9.17, 15) is 13.2 Å². The van der Waals surface area contributed by atoms with Crippen molar-refractivity contribution in [3.63, 3.8) is 0 Å². The second-order valence-corrected chi connectivity index (χ2v) is 11.6. The van der Waals surface area contributed by atoms with Crippen LogP contribution in [0.2, 0.25) is 0 Å². The lowest BCUT2D eigenvalue weighted by Gasteiger charge is -2.59. The number of hydrogen-bond donors (Lipinski definition) is 3. The molecule has 7 nitrogen and oxygen atoms in total. The quantitative estimate of drug-likeness (QED) is 0.368. The van der Waals surface area contributed by atoms with Gasteiger partial charge in [-0.15, -0.1) is 0 Å². The van der Waals surface area contributed by atoms with Gasteiger partial charge in [-0.3, -0.25) is 9.35 Å². The van der Waals surface area contributed by atoms with E-state index in [1.165, 1.54) is 12.8 Å². The summed E-state index contributed by atoms with van der Waals surface area (Å²) < 4.78 is 37.4. The fourth-order valence-corrected chi connectivity index (χ4v) is 7.17. The summed E-state index contributed by atoms with van der Waals surface area (Å²) in [5, 5.41) is 8.98. The van der Waals surface area contributed by atoms with Gasteiger partial charge in [0.05, 0.1) is 5.75 Å². The van der Waals surface area contributed by atoms with E-state index in [1.54, 1.807) is 0 Å². The van der Waals surface area contributed by atoms with Gasteiger partial charge < -0.3 is 15.6 Å². The smallest absolute Gasteiger partial charge is 0.320 e. The second kappa shape index (κ2) is 8.71. The van der Waals surface area contributed by atoms with E-state index >= 15 is 0 Å². The number of nitrogens with two attached hydrogens (primary N) is 1. The minimum absolute atomic E-state index is 0.111. The van der Waals surface area contributed by atoms with Gasteiger partial charge in [-0.2, -0.15) is 8.42 Å². The Labute approximate surface area is 184 Å². The van der Waals surface area contributed by atoms with Crippen LogP contribution < -0.4 is 10.5 Å². The second-order valence-electron chi connectivity index (χ2n) is 9.99. The van der Waals surface area contributed by atoms with Gasteiger partial charge in [0.1, 0.15) is 17.4 Å². The van der Waals surface area contributed by atoms with Crippen molar-refractivity contribution in [3.8, 4) is 5.75 Å². The van der Waals surface area contributed by atoms with Crippen LogP contribution in [0.15, 0.2) is 24.3 Å². The fourth-order valence-electron chi connectivity index (χ4n) is 6.60. The molecule has 0 radical (unpaired) electrons. The van der Waals surface area contributed by atoms with Gasteiger partial charge in [-0.25, -0.2) is 0 Å². The zero-order chi connectivity index (χ0) is 22.2. The highest BCUT2D eigenvalue weighted by atomic mass is 32.2. The first-order valence-electron chi connectivity index (χ1n) is 11.3. The highest BCUT2D eigenvalue weighted by Gasteiger charge is 2.56. The van der Waals surface area contributed by atoms with Crippen molar-refractivity contribution >= 4 is 16.1 Å². The minimum atomic E-state index is -3.86. The topological polar surface area (TPSA) is 127 Å². The lowest BCUT2D eigenvalue weighted by Crippen LogP contribution is -2.57. The van der Waals surface area contributed by atoms with Crippen LogP contribution in [0.3, 0.4) is 0 Å². The minimum Gasteiger partial charge on any atom is -0.487 e. The van der Waals surface area contributed by atoms with E-state index in [1.807, 2.05) is 24.3 Å². The molecule has 0 aromatic heterocycles. The normalized spacial score (nSPS) is 32.7. The SMILES string of the molecule is N[C@@H](Cc1ccc(OC23CC4CC(C2)C(CCCCS(=O)(=O)O)C(C4)C3)cc1)C(=O)O. The largest absolute Gasteiger partial charge is 0.487 e. The fraction of sp³-hybridized carbons (Fsp3) is 0.696. The summed E-state index contributed by atoms with van der Waals surface area (Å²) in [5.74, 6) is 2.29. The number of unbranched alkanes of at least 4 members (excludes halogenated alkanes) is 1. The number of carbonyl (C=O) groups is 1. The van der Waals surface area contributed by atoms with Crippen LogP contribution in [0.25, 0.3) is 0 Å². The molecule has 0 heterocycles. The molecular formula is C23H33NO6S. The van der Waals surface area contributed by atoms with Crippen molar-refractivity contribution in [2.24, 2.45) is 29.4 Å². The zero-order valence-electron chi connectivity index (χ0n) is 17.8. The van der Waals surface area contributed by atoms with Crippen molar-refractivity contribution in [1.29, 1.82) is 0 Å². The average molecular weight is 452 g/mol. The van der Waals surface area contributed by atoms with Gasteiger partial charge in [0.15, 0.2) is 0 Å². The van der Waals surface area contributed by atoms with E-state index in [2.05, 4.69) is 0 Å².